The van der Waals surface area contributed by atoms with Crippen molar-refractivity contribution in [3.8, 4) is 0 Å². The first-order chi connectivity index (χ1) is 12.1. The maximum absolute atomic E-state index is 12.9. The van der Waals surface area contributed by atoms with E-state index in [1.807, 2.05) is 54.1 Å². The van der Waals surface area contributed by atoms with Gasteiger partial charge in [0.1, 0.15) is 0 Å². The number of hydrogen-bond donors (Lipinski definition) is 0. The second-order valence-corrected chi connectivity index (χ2v) is 6.25. The van der Waals surface area contributed by atoms with Crippen LogP contribution in [0, 0.1) is 0 Å². The van der Waals surface area contributed by atoms with Crippen LogP contribution in [0.3, 0.4) is 0 Å². The van der Waals surface area contributed by atoms with Gasteiger partial charge in [-0.25, -0.2) is 0 Å². The van der Waals surface area contributed by atoms with E-state index in [2.05, 4.69) is 4.98 Å². The van der Waals surface area contributed by atoms with E-state index in [1.165, 1.54) is 0 Å². The fourth-order valence-electron chi connectivity index (χ4n) is 3.58. The zero-order valence-corrected chi connectivity index (χ0v) is 16.9. The molecule has 0 unspecified atom stereocenters. The number of hydrogen-bond acceptors (Lipinski definition) is 2. The van der Waals surface area contributed by atoms with Crippen LogP contribution in [0.2, 0.25) is 0 Å². The van der Waals surface area contributed by atoms with Gasteiger partial charge in [-0.3, -0.25) is 9.59 Å². The number of nitrogens with zero attached hydrogens (tertiary/aromatic N) is 2. The minimum atomic E-state index is -0.0527. The van der Waals surface area contributed by atoms with E-state index in [1.54, 1.807) is 18.2 Å². The van der Waals surface area contributed by atoms with Gasteiger partial charge in [-0.05, 0) is 18.2 Å². The van der Waals surface area contributed by atoms with Gasteiger partial charge in [0, 0.05) is 61.3 Å². The Balaban J connectivity index is 0.00000168. The number of para-hydroxylation sites is 2. The Labute approximate surface area is 173 Å². The molecule has 0 fully saturated rings. The fraction of sp³-hybridized carbons (Fsp3) is 0.0476. The molecular formula is C21H13N2O2Y-. The van der Waals surface area contributed by atoms with Gasteiger partial charge in [-0.2, -0.15) is 0 Å². The second-order valence-electron chi connectivity index (χ2n) is 6.25. The maximum atomic E-state index is 12.9. The summed E-state index contributed by atoms with van der Waals surface area (Å²) in [7, 11) is 1.91. The van der Waals surface area contributed by atoms with Crippen molar-refractivity contribution in [1.29, 1.82) is 0 Å². The van der Waals surface area contributed by atoms with Crippen LogP contribution in [-0.2, 0) is 39.8 Å². The molecule has 0 N–H and O–H groups in total. The van der Waals surface area contributed by atoms with E-state index in [9.17, 15) is 9.59 Å². The van der Waals surface area contributed by atoms with Gasteiger partial charge in [0.2, 0.25) is 0 Å². The van der Waals surface area contributed by atoms with Crippen LogP contribution < -0.4 is 15.8 Å². The van der Waals surface area contributed by atoms with Gasteiger partial charge in [-0.15, -0.1) is 11.0 Å². The third kappa shape index (κ3) is 2.29. The summed E-state index contributed by atoms with van der Waals surface area (Å²) in [6, 6.07) is 18.3. The molecular weight excluding hydrogens is 401 g/mol. The molecule has 4 nitrogen and oxygen atoms in total. The zero-order chi connectivity index (χ0) is 17.1. The Morgan fingerprint density at radius 3 is 2.15 bits per heavy atom. The molecule has 5 rings (SSSR count). The van der Waals surface area contributed by atoms with Crippen molar-refractivity contribution >= 4 is 43.6 Å². The average molecular weight is 414 g/mol. The van der Waals surface area contributed by atoms with Crippen molar-refractivity contribution in [3.05, 3.63) is 81.1 Å². The molecule has 0 saturated heterocycles. The van der Waals surface area contributed by atoms with Gasteiger partial charge >= 0.3 is 0 Å². The first-order valence-corrected chi connectivity index (χ1v) is 8.06. The fourth-order valence-corrected chi connectivity index (χ4v) is 3.58. The van der Waals surface area contributed by atoms with Crippen molar-refractivity contribution < 1.29 is 32.7 Å². The van der Waals surface area contributed by atoms with Gasteiger partial charge in [0.05, 0.1) is 11.0 Å². The quantitative estimate of drug-likeness (QED) is 0.366. The summed E-state index contributed by atoms with van der Waals surface area (Å²) in [5, 5.41) is 2.38. The van der Waals surface area contributed by atoms with Crippen LogP contribution >= 0.6 is 0 Å². The van der Waals surface area contributed by atoms with Crippen LogP contribution in [0.4, 0.5) is 0 Å². The van der Waals surface area contributed by atoms with Gasteiger partial charge < -0.3 is 9.55 Å². The number of aryl methyl sites for hydroxylation is 1. The third-order valence-corrected chi connectivity index (χ3v) is 4.86. The van der Waals surface area contributed by atoms with Crippen molar-refractivity contribution in [3.63, 3.8) is 0 Å². The topological polar surface area (TPSA) is 53.2 Å². The minimum Gasteiger partial charge on any atom is -0.657 e. The van der Waals surface area contributed by atoms with Crippen LogP contribution in [0.15, 0.2) is 70.3 Å². The number of benzene rings is 3. The van der Waals surface area contributed by atoms with E-state index >= 15 is 0 Å². The van der Waals surface area contributed by atoms with Crippen molar-refractivity contribution in [1.82, 2.24) is 9.55 Å². The Kier molecular flexibility index (Phi) is 4.05. The monoisotopic (exact) mass is 414 g/mol. The van der Waals surface area contributed by atoms with Gasteiger partial charge in [-0.1, -0.05) is 42.5 Å². The van der Waals surface area contributed by atoms with Gasteiger partial charge in [0.25, 0.3) is 0 Å². The van der Waals surface area contributed by atoms with Crippen LogP contribution in [0.1, 0.15) is 0 Å². The summed E-state index contributed by atoms with van der Waals surface area (Å²) < 4.78 is 1.96. The normalized spacial score (nSPS) is 11.3. The van der Waals surface area contributed by atoms with Crippen LogP contribution in [0.5, 0.6) is 0 Å². The van der Waals surface area contributed by atoms with E-state index in [4.69, 9.17) is 0 Å². The second kappa shape index (κ2) is 6.15. The summed E-state index contributed by atoms with van der Waals surface area (Å²) in [4.78, 5) is 30.4. The first kappa shape index (κ1) is 17.1. The summed E-state index contributed by atoms with van der Waals surface area (Å²) in [6.07, 6.45) is 0. The van der Waals surface area contributed by atoms with E-state index in [-0.39, 0.29) is 43.6 Å². The largest absolute Gasteiger partial charge is 0.657 e. The maximum Gasteiger partial charge on any atom is 0.197 e. The first-order valence-electron chi connectivity index (χ1n) is 8.06. The SMILES string of the molecule is Cn1c2ccccc2c(=O)c2cc3[n-]c4ccccc4c(=O)c3cc21.[Y]. The summed E-state index contributed by atoms with van der Waals surface area (Å²) in [5.41, 5.74) is 2.71. The number of aromatic nitrogens is 2. The van der Waals surface area contributed by atoms with Gasteiger partial charge in [0.15, 0.2) is 10.9 Å². The van der Waals surface area contributed by atoms with Crippen molar-refractivity contribution in [2.24, 2.45) is 7.05 Å². The standard InChI is InChI=1S/C21H14N2O2.Y/c1-23-18-9-5-3-7-13(18)21(25)15-10-17-14(11-19(15)23)20(24)12-6-2-4-8-16(12)22-17;/h2-11H,1H3,(H,22,24);/p-1. The zero-order valence-electron chi connectivity index (χ0n) is 14.1. The van der Waals surface area contributed by atoms with Crippen molar-refractivity contribution in [2.45, 2.75) is 0 Å². The average Bonchev–Trinajstić information content (AvgIpc) is 2.65. The molecule has 0 atom stereocenters. The molecule has 2 heterocycles. The summed E-state index contributed by atoms with van der Waals surface area (Å²) in [6.45, 7) is 0. The molecule has 5 heteroatoms. The van der Waals surface area contributed by atoms with Crippen LogP contribution in [0.25, 0.3) is 43.6 Å². The molecule has 0 aliphatic heterocycles. The molecule has 5 aromatic rings. The summed E-state index contributed by atoms with van der Waals surface area (Å²) >= 11 is 0. The third-order valence-electron chi connectivity index (χ3n) is 4.86. The van der Waals surface area contributed by atoms with E-state index in [0.29, 0.717) is 32.6 Å². The molecule has 2 aromatic heterocycles. The summed E-state index contributed by atoms with van der Waals surface area (Å²) in [5.74, 6) is 0. The molecule has 0 aliphatic rings. The Hall–Kier alpha value is -2.30. The predicted molar refractivity (Wildman–Crippen MR) is 101 cm³/mol. The Bertz CT molecular complexity index is 1450. The number of rotatable bonds is 0. The number of pyridine rings is 2. The molecule has 1 radical (unpaired) electrons. The molecule has 26 heavy (non-hydrogen) atoms. The molecule has 0 spiro atoms. The smallest absolute Gasteiger partial charge is 0.197 e. The molecule has 0 bridgehead atoms. The molecule has 0 saturated carbocycles. The van der Waals surface area contributed by atoms with Crippen molar-refractivity contribution in [2.75, 3.05) is 0 Å². The molecule has 0 aliphatic carbocycles. The number of fused-ring (bicyclic) bond motifs is 4. The Morgan fingerprint density at radius 2 is 1.35 bits per heavy atom. The molecule has 123 valence electrons. The van der Waals surface area contributed by atoms with Crippen LogP contribution in [-0.4, -0.2) is 4.57 Å². The predicted octanol–water partition coefficient (Wildman–Crippen LogP) is 3.31. The van der Waals surface area contributed by atoms with E-state index < -0.39 is 0 Å². The molecule has 3 aromatic carbocycles. The Morgan fingerprint density at radius 1 is 0.692 bits per heavy atom. The van der Waals surface area contributed by atoms with E-state index in [0.717, 1.165) is 11.0 Å². The minimum absolute atomic E-state index is 0. The molecule has 0 amide bonds.